The Morgan fingerprint density at radius 2 is 1.64 bits per heavy atom. The molecule has 0 aromatic heterocycles. The van der Waals surface area contributed by atoms with Crippen molar-refractivity contribution in [1.29, 1.82) is 0 Å². The SMILES string of the molecule is CC(C)(CN(CCCOc1cc(F)c(CC(=O)O)c(S(C)(=O)=O)c1)Cc1cccc(C(F)(F)F)c1)c1ccc(F)cc1. The topological polar surface area (TPSA) is 83.9 Å². The first-order valence-corrected chi connectivity index (χ1v) is 14.9. The van der Waals surface area contributed by atoms with Gasteiger partial charge in [-0.15, -0.1) is 0 Å². The quantitative estimate of drug-likeness (QED) is 0.181. The van der Waals surface area contributed by atoms with E-state index in [1.807, 2.05) is 18.7 Å². The van der Waals surface area contributed by atoms with Crippen LogP contribution in [0.1, 0.15) is 42.5 Å². The van der Waals surface area contributed by atoms with Gasteiger partial charge in [0.1, 0.15) is 17.4 Å². The number of sulfone groups is 1. The Hall–Kier alpha value is -3.51. The highest BCUT2D eigenvalue weighted by molar-refractivity contribution is 7.90. The number of aliphatic carboxylic acids is 1. The van der Waals surface area contributed by atoms with Gasteiger partial charge in [0.05, 0.1) is 23.5 Å². The van der Waals surface area contributed by atoms with Crippen LogP contribution in [0, 0.1) is 11.6 Å². The highest BCUT2D eigenvalue weighted by atomic mass is 32.2. The molecule has 0 bridgehead atoms. The Morgan fingerprint density at radius 3 is 2.24 bits per heavy atom. The maximum absolute atomic E-state index is 14.6. The molecule has 42 heavy (non-hydrogen) atoms. The van der Waals surface area contributed by atoms with Crippen molar-refractivity contribution in [3.8, 4) is 5.75 Å². The predicted octanol–water partition coefficient (Wildman–Crippen LogP) is 6.26. The van der Waals surface area contributed by atoms with Crippen LogP contribution in [0.4, 0.5) is 22.0 Å². The summed E-state index contributed by atoms with van der Waals surface area (Å²) in [7, 11) is -3.96. The first-order valence-electron chi connectivity index (χ1n) is 13.0. The summed E-state index contributed by atoms with van der Waals surface area (Å²) < 4.78 is 98.0. The number of alkyl halides is 3. The van der Waals surface area contributed by atoms with Gasteiger partial charge in [0.2, 0.25) is 0 Å². The van der Waals surface area contributed by atoms with Crippen LogP contribution in [0.15, 0.2) is 65.6 Å². The van der Waals surface area contributed by atoms with Gasteiger partial charge < -0.3 is 9.84 Å². The Kier molecular flexibility index (Phi) is 10.4. The molecule has 0 unspecified atom stereocenters. The summed E-state index contributed by atoms with van der Waals surface area (Å²) in [6, 6.07) is 13.0. The van der Waals surface area contributed by atoms with Gasteiger partial charge in [0.15, 0.2) is 9.84 Å². The second kappa shape index (κ2) is 13.2. The summed E-state index contributed by atoms with van der Waals surface area (Å²) in [6.45, 7) is 4.79. The van der Waals surface area contributed by atoms with Gasteiger partial charge in [-0.05, 0) is 41.8 Å². The van der Waals surface area contributed by atoms with Crippen LogP contribution in [0.5, 0.6) is 5.75 Å². The largest absolute Gasteiger partial charge is 0.493 e. The lowest BCUT2D eigenvalue weighted by Gasteiger charge is -2.33. The number of carbonyl (C=O) groups is 1. The number of nitrogens with zero attached hydrogens (tertiary/aromatic N) is 1. The van der Waals surface area contributed by atoms with Crippen molar-refractivity contribution in [3.63, 3.8) is 0 Å². The minimum absolute atomic E-state index is 0.0109. The third-order valence-electron chi connectivity index (χ3n) is 6.65. The number of hydrogen-bond acceptors (Lipinski definition) is 5. The normalized spacial score (nSPS) is 12.5. The molecule has 3 aromatic rings. The van der Waals surface area contributed by atoms with Gasteiger partial charge in [-0.3, -0.25) is 9.69 Å². The van der Waals surface area contributed by atoms with Crippen LogP contribution in [0.25, 0.3) is 0 Å². The molecule has 0 heterocycles. The second-order valence-electron chi connectivity index (χ2n) is 10.7. The summed E-state index contributed by atoms with van der Waals surface area (Å²) >= 11 is 0. The van der Waals surface area contributed by atoms with Gasteiger partial charge in [0.25, 0.3) is 0 Å². The predicted molar refractivity (Wildman–Crippen MR) is 147 cm³/mol. The molecule has 228 valence electrons. The second-order valence-corrected chi connectivity index (χ2v) is 12.7. The average molecular weight is 614 g/mol. The Balaban J connectivity index is 1.78. The zero-order valence-electron chi connectivity index (χ0n) is 23.3. The lowest BCUT2D eigenvalue weighted by molar-refractivity contribution is -0.138. The first-order chi connectivity index (χ1) is 19.5. The van der Waals surface area contributed by atoms with Crippen molar-refractivity contribution in [1.82, 2.24) is 4.90 Å². The highest BCUT2D eigenvalue weighted by Gasteiger charge is 2.31. The fourth-order valence-corrected chi connectivity index (χ4v) is 5.62. The van der Waals surface area contributed by atoms with Crippen LogP contribution < -0.4 is 4.74 Å². The minimum Gasteiger partial charge on any atom is -0.493 e. The molecule has 0 aliphatic rings. The van der Waals surface area contributed by atoms with Gasteiger partial charge in [-0.2, -0.15) is 13.2 Å². The molecular formula is C30H32F5NO5S. The maximum Gasteiger partial charge on any atom is 0.416 e. The molecule has 0 aliphatic carbocycles. The number of halogens is 5. The molecule has 12 heteroatoms. The van der Waals surface area contributed by atoms with E-state index in [0.717, 1.165) is 36.1 Å². The number of rotatable bonds is 13. The molecule has 0 atom stereocenters. The third kappa shape index (κ3) is 9.25. The highest BCUT2D eigenvalue weighted by Crippen LogP contribution is 2.31. The lowest BCUT2D eigenvalue weighted by Crippen LogP contribution is -2.37. The van der Waals surface area contributed by atoms with Gasteiger partial charge in [-0.1, -0.05) is 44.2 Å². The van der Waals surface area contributed by atoms with Crippen molar-refractivity contribution in [2.45, 2.75) is 49.7 Å². The summed E-state index contributed by atoms with van der Waals surface area (Å²) in [6.07, 6.45) is -4.14. The van der Waals surface area contributed by atoms with E-state index < -0.39 is 55.7 Å². The molecular weight excluding hydrogens is 581 g/mol. The summed E-state index contributed by atoms with van der Waals surface area (Å²) in [5.41, 5.74) is -0.471. The van der Waals surface area contributed by atoms with E-state index in [9.17, 15) is 35.2 Å². The molecule has 3 rings (SSSR count). The van der Waals surface area contributed by atoms with Crippen LogP contribution in [-0.2, 0) is 39.2 Å². The van der Waals surface area contributed by atoms with E-state index in [-0.39, 0.29) is 24.7 Å². The summed E-state index contributed by atoms with van der Waals surface area (Å²) in [5.74, 6) is -2.91. The molecule has 0 aliphatic heterocycles. The summed E-state index contributed by atoms with van der Waals surface area (Å²) in [5, 5.41) is 9.03. The molecule has 0 radical (unpaired) electrons. The monoisotopic (exact) mass is 613 g/mol. The standard InChI is InChI=1S/C30H32F5NO5S/c1-29(2,21-8-10-23(31)11-9-21)19-36(18-20-6-4-7-22(14-20)30(33,34)35)12-5-13-41-24-15-26(32)25(17-28(37)38)27(16-24)42(3,39)40/h4,6-11,14-16H,5,12-13,17-19H2,1-3H3,(H,37,38). The van der Waals surface area contributed by atoms with Crippen molar-refractivity contribution < 1.29 is 45.0 Å². The fourth-order valence-electron chi connectivity index (χ4n) is 4.67. The van der Waals surface area contributed by atoms with Crippen LogP contribution in [0.2, 0.25) is 0 Å². The van der Waals surface area contributed by atoms with Crippen molar-refractivity contribution in [2.24, 2.45) is 0 Å². The van der Waals surface area contributed by atoms with Crippen LogP contribution in [-0.4, -0.2) is 50.3 Å². The molecule has 1 N–H and O–H groups in total. The summed E-state index contributed by atoms with van der Waals surface area (Å²) in [4.78, 5) is 12.5. The zero-order chi connectivity index (χ0) is 31.3. The van der Waals surface area contributed by atoms with E-state index in [1.54, 1.807) is 18.2 Å². The maximum atomic E-state index is 14.6. The van der Waals surface area contributed by atoms with Crippen molar-refractivity contribution in [3.05, 3.63) is 94.6 Å². The number of ether oxygens (including phenoxy) is 1. The third-order valence-corrected chi connectivity index (χ3v) is 7.81. The number of carboxylic acids is 1. The lowest BCUT2D eigenvalue weighted by atomic mass is 9.84. The van der Waals surface area contributed by atoms with E-state index >= 15 is 0 Å². The van der Waals surface area contributed by atoms with Crippen molar-refractivity contribution >= 4 is 15.8 Å². The Morgan fingerprint density at radius 1 is 0.976 bits per heavy atom. The number of carboxylic acid groups (broad SMARTS) is 1. The van der Waals surface area contributed by atoms with Crippen molar-refractivity contribution in [2.75, 3.05) is 26.0 Å². The van der Waals surface area contributed by atoms with E-state index in [1.165, 1.54) is 18.2 Å². The zero-order valence-corrected chi connectivity index (χ0v) is 24.2. The average Bonchev–Trinajstić information content (AvgIpc) is 2.86. The molecule has 0 fully saturated rings. The van der Waals surface area contributed by atoms with Crippen LogP contribution in [0.3, 0.4) is 0 Å². The molecule has 0 spiro atoms. The van der Waals surface area contributed by atoms with Gasteiger partial charge in [0, 0.05) is 42.9 Å². The smallest absolute Gasteiger partial charge is 0.416 e. The van der Waals surface area contributed by atoms with Gasteiger partial charge in [-0.25, -0.2) is 17.2 Å². The molecule has 0 amide bonds. The number of hydrogen-bond donors (Lipinski definition) is 1. The molecule has 6 nitrogen and oxygen atoms in total. The van der Waals surface area contributed by atoms with Gasteiger partial charge >= 0.3 is 12.1 Å². The molecule has 3 aromatic carbocycles. The van der Waals surface area contributed by atoms with E-state index in [4.69, 9.17) is 9.84 Å². The Labute approximate surface area is 241 Å². The minimum atomic E-state index is -4.50. The Bertz CT molecular complexity index is 1510. The molecule has 0 saturated carbocycles. The molecule has 0 saturated heterocycles. The van der Waals surface area contributed by atoms with Crippen LogP contribution >= 0.6 is 0 Å². The fraction of sp³-hybridized carbons (Fsp3) is 0.367. The number of benzene rings is 3. The van der Waals surface area contributed by atoms with E-state index in [2.05, 4.69) is 0 Å². The van der Waals surface area contributed by atoms with E-state index in [0.29, 0.717) is 25.1 Å². The first kappa shape index (κ1) is 33.0.